The fourth-order valence-corrected chi connectivity index (χ4v) is 3.33. The van der Waals surface area contributed by atoms with Crippen molar-refractivity contribution < 1.29 is 14.3 Å². The number of anilines is 1. The number of nitrogens with one attached hydrogen (secondary N) is 1. The van der Waals surface area contributed by atoms with Crippen molar-refractivity contribution in [3.63, 3.8) is 0 Å². The van der Waals surface area contributed by atoms with Crippen LogP contribution in [0.5, 0.6) is 0 Å². The number of esters is 1. The summed E-state index contributed by atoms with van der Waals surface area (Å²) in [5.41, 5.74) is 0.476. The molecule has 0 atom stereocenters. The molecule has 1 aromatic carbocycles. The molecule has 0 aliphatic heterocycles. The summed E-state index contributed by atoms with van der Waals surface area (Å²) in [5.74, 6) is -0.414. The van der Waals surface area contributed by atoms with Gasteiger partial charge in [-0.3, -0.25) is 4.79 Å². The van der Waals surface area contributed by atoms with Crippen molar-refractivity contribution in [2.24, 2.45) is 0 Å². The Labute approximate surface area is 135 Å². The van der Waals surface area contributed by atoms with Crippen LogP contribution in [-0.2, 0) is 9.53 Å². The molecule has 0 fully saturated rings. The lowest BCUT2D eigenvalue weighted by Gasteiger charge is -2.05. The molecular formula is C14H12ClNO3S2. The van der Waals surface area contributed by atoms with E-state index in [9.17, 15) is 9.59 Å². The van der Waals surface area contributed by atoms with Gasteiger partial charge in [0.2, 0.25) is 5.91 Å². The lowest BCUT2D eigenvalue weighted by atomic mass is 10.4. The summed E-state index contributed by atoms with van der Waals surface area (Å²) < 4.78 is 4.66. The van der Waals surface area contributed by atoms with Crippen LogP contribution >= 0.6 is 34.7 Å². The molecular weight excluding hydrogens is 330 g/mol. The van der Waals surface area contributed by atoms with E-state index in [-0.39, 0.29) is 11.7 Å². The molecule has 1 aromatic heterocycles. The molecule has 1 amide bonds. The second-order valence-corrected chi connectivity index (χ2v) is 6.35. The molecule has 0 saturated heterocycles. The first-order valence-electron chi connectivity index (χ1n) is 5.94. The summed E-state index contributed by atoms with van der Waals surface area (Å²) in [6.45, 7) is 0. The third kappa shape index (κ3) is 4.49. The Morgan fingerprint density at radius 2 is 2.19 bits per heavy atom. The quantitative estimate of drug-likeness (QED) is 0.661. The third-order valence-corrected chi connectivity index (χ3v) is 4.60. The van der Waals surface area contributed by atoms with Crippen LogP contribution in [-0.4, -0.2) is 24.7 Å². The second kappa shape index (κ2) is 7.49. The lowest BCUT2D eigenvalue weighted by molar-refractivity contribution is -0.113. The first-order chi connectivity index (χ1) is 10.1. The molecule has 0 aliphatic carbocycles. The number of benzene rings is 1. The maximum Gasteiger partial charge on any atom is 0.350 e. The van der Waals surface area contributed by atoms with Gasteiger partial charge in [0.15, 0.2) is 0 Å². The maximum absolute atomic E-state index is 11.9. The molecule has 0 saturated carbocycles. The molecule has 2 rings (SSSR count). The number of rotatable bonds is 5. The molecule has 7 heteroatoms. The van der Waals surface area contributed by atoms with Gasteiger partial charge in [0.1, 0.15) is 4.88 Å². The van der Waals surface area contributed by atoms with Crippen molar-refractivity contribution in [3.05, 3.63) is 45.6 Å². The summed E-state index contributed by atoms with van der Waals surface area (Å²) in [7, 11) is 1.31. The van der Waals surface area contributed by atoms with Crippen LogP contribution in [0, 0.1) is 0 Å². The van der Waals surface area contributed by atoms with E-state index in [1.54, 1.807) is 23.6 Å². The number of methoxy groups -OCH3 is 1. The minimum atomic E-state index is -0.456. The number of hydrogen-bond acceptors (Lipinski definition) is 5. The van der Waals surface area contributed by atoms with Crippen LogP contribution in [0.4, 0.5) is 5.69 Å². The van der Waals surface area contributed by atoms with Crippen molar-refractivity contribution >= 4 is 52.3 Å². The predicted molar refractivity (Wildman–Crippen MR) is 86.5 cm³/mol. The monoisotopic (exact) mass is 341 g/mol. The second-order valence-electron chi connectivity index (χ2n) is 3.95. The number of hydrogen-bond donors (Lipinski definition) is 1. The number of thioether (sulfide) groups is 1. The summed E-state index contributed by atoms with van der Waals surface area (Å²) >= 11 is 8.49. The van der Waals surface area contributed by atoms with Gasteiger partial charge in [-0.1, -0.05) is 17.7 Å². The molecule has 21 heavy (non-hydrogen) atoms. The van der Waals surface area contributed by atoms with Crippen molar-refractivity contribution in [1.29, 1.82) is 0 Å². The smallest absolute Gasteiger partial charge is 0.350 e. The van der Waals surface area contributed by atoms with E-state index in [2.05, 4.69) is 10.1 Å². The molecule has 110 valence electrons. The van der Waals surface area contributed by atoms with E-state index in [0.29, 0.717) is 15.6 Å². The van der Waals surface area contributed by atoms with E-state index < -0.39 is 5.97 Å². The topological polar surface area (TPSA) is 55.4 Å². The fourth-order valence-electron chi connectivity index (χ4n) is 1.55. The highest BCUT2D eigenvalue weighted by atomic mass is 35.5. The van der Waals surface area contributed by atoms with Crippen molar-refractivity contribution in [3.8, 4) is 0 Å². The van der Waals surface area contributed by atoms with Gasteiger partial charge in [0.05, 0.1) is 18.6 Å². The number of thiophene rings is 1. The van der Waals surface area contributed by atoms with Gasteiger partial charge in [-0.15, -0.1) is 23.1 Å². The van der Waals surface area contributed by atoms with Crippen LogP contribution in [0.2, 0.25) is 5.02 Å². The van der Waals surface area contributed by atoms with E-state index in [0.717, 1.165) is 4.90 Å². The standard InChI is InChI=1S/C14H12ClNO3S2/c1-19-14(18)13-11(5-6-20-13)16-12(17)8-21-10-4-2-3-9(15)7-10/h2-7H,8H2,1H3,(H,16,17). The van der Waals surface area contributed by atoms with E-state index in [1.807, 2.05) is 12.1 Å². The van der Waals surface area contributed by atoms with Gasteiger partial charge in [-0.25, -0.2) is 4.79 Å². The molecule has 0 bridgehead atoms. The van der Waals surface area contributed by atoms with Gasteiger partial charge in [-0.05, 0) is 29.6 Å². The van der Waals surface area contributed by atoms with Gasteiger partial charge >= 0.3 is 5.97 Å². The summed E-state index contributed by atoms with van der Waals surface area (Å²) in [6.07, 6.45) is 0. The molecule has 2 aromatic rings. The highest BCUT2D eigenvalue weighted by Crippen LogP contribution is 2.25. The Kier molecular flexibility index (Phi) is 5.67. The third-order valence-electron chi connectivity index (χ3n) is 2.48. The van der Waals surface area contributed by atoms with Crippen LogP contribution in [0.1, 0.15) is 9.67 Å². The van der Waals surface area contributed by atoms with Gasteiger partial charge < -0.3 is 10.1 Å². The zero-order valence-corrected chi connectivity index (χ0v) is 13.5. The highest BCUT2D eigenvalue weighted by Gasteiger charge is 2.15. The largest absolute Gasteiger partial charge is 0.465 e. The SMILES string of the molecule is COC(=O)c1sccc1NC(=O)CSc1cccc(Cl)c1. The molecule has 0 aliphatic rings. The zero-order chi connectivity index (χ0) is 15.2. The predicted octanol–water partition coefficient (Wildman–Crippen LogP) is 3.92. The number of carbonyl (C=O) groups is 2. The van der Waals surface area contributed by atoms with Crippen molar-refractivity contribution in [2.45, 2.75) is 4.90 Å². The normalized spacial score (nSPS) is 10.2. The average Bonchev–Trinajstić information content (AvgIpc) is 2.92. The number of ether oxygens (including phenoxy) is 1. The number of halogens is 1. The average molecular weight is 342 g/mol. The Morgan fingerprint density at radius 1 is 1.38 bits per heavy atom. The minimum Gasteiger partial charge on any atom is -0.465 e. The van der Waals surface area contributed by atoms with E-state index in [4.69, 9.17) is 11.6 Å². The van der Waals surface area contributed by atoms with Crippen LogP contribution in [0.3, 0.4) is 0 Å². The first-order valence-corrected chi connectivity index (χ1v) is 8.18. The molecule has 1 heterocycles. The van der Waals surface area contributed by atoms with Gasteiger partial charge in [-0.2, -0.15) is 0 Å². The van der Waals surface area contributed by atoms with Crippen molar-refractivity contribution in [2.75, 3.05) is 18.2 Å². The van der Waals surface area contributed by atoms with Crippen LogP contribution in [0.25, 0.3) is 0 Å². The minimum absolute atomic E-state index is 0.191. The Balaban J connectivity index is 1.93. The Bertz CT molecular complexity index is 657. The number of carbonyl (C=O) groups excluding carboxylic acids is 2. The molecule has 0 unspecified atom stereocenters. The van der Waals surface area contributed by atoms with Gasteiger partial charge in [0, 0.05) is 9.92 Å². The highest BCUT2D eigenvalue weighted by molar-refractivity contribution is 8.00. The fraction of sp³-hybridized carbons (Fsp3) is 0.143. The molecule has 0 spiro atoms. The summed E-state index contributed by atoms with van der Waals surface area (Å²) in [5, 5.41) is 5.07. The van der Waals surface area contributed by atoms with Crippen LogP contribution < -0.4 is 5.32 Å². The molecule has 4 nitrogen and oxygen atoms in total. The molecule has 0 radical (unpaired) electrons. The maximum atomic E-state index is 11.9. The first kappa shape index (κ1) is 15.9. The van der Waals surface area contributed by atoms with Gasteiger partial charge in [0.25, 0.3) is 0 Å². The van der Waals surface area contributed by atoms with Crippen molar-refractivity contribution in [1.82, 2.24) is 0 Å². The Morgan fingerprint density at radius 3 is 2.90 bits per heavy atom. The van der Waals surface area contributed by atoms with Crippen LogP contribution in [0.15, 0.2) is 40.6 Å². The number of amides is 1. The summed E-state index contributed by atoms with van der Waals surface area (Å²) in [6, 6.07) is 8.97. The summed E-state index contributed by atoms with van der Waals surface area (Å²) in [4.78, 5) is 24.7. The van der Waals surface area contributed by atoms with E-state index in [1.165, 1.54) is 30.2 Å². The molecule has 1 N–H and O–H groups in total. The Hall–Kier alpha value is -1.50. The lowest BCUT2D eigenvalue weighted by Crippen LogP contribution is -2.15. The zero-order valence-electron chi connectivity index (χ0n) is 11.1. The van der Waals surface area contributed by atoms with E-state index >= 15 is 0 Å².